The van der Waals surface area contributed by atoms with Crippen LogP contribution in [0, 0.1) is 0 Å². The minimum atomic E-state index is 0. The second-order valence-electron chi connectivity index (χ2n) is 24.5. The van der Waals surface area contributed by atoms with Crippen molar-refractivity contribution in [1.29, 1.82) is 0 Å². The van der Waals surface area contributed by atoms with Crippen molar-refractivity contribution < 1.29 is 20.1 Å². The molecule has 6 nitrogen and oxygen atoms in total. The molecule has 0 N–H and O–H groups in total. The van der Waals surface area contributed by atoms with Crippen molar-refractivity contribution in [3.8, 4) is 84.6 Å². The Morgan fingerprint density at radius 1 is 0.227 bits per heavy atom. The molecule has 9 aromatic carbocycles. The molecule has 0 aliphatic heterocycles. The van der Waals surface area contributed by atoms with Gasteiger partial charge in [-0.05, 0) is 139 Å². The Bertz CT molecular complexity index is 3620. The van der Waals surface area contributed by atoms with Crippen LogP contribution in [0.2, 0.25) is 0 Å². The zero-order chi connectivity index (χ0) is 61.1. The zero-order valence-corrected chi connectivity index (χ0v) is 55.6. The standard InChI is InChI=1S/3C27H28N2.Ir/c3*1-19(2)24-17-23(21-11-7-5-8-12-21)18-25(20(3)4)26(24)29-16-15-28-27(29)22-13-9-6-10-14-22;/h3*5-20H,1-4H3;/q;;;+8. The van der Waals surface area contributed by atoms with E-state index in [4.69, 9.17) is 15.0 Å². The number of hydrogen-bond donors (Lipinski definition) is 0. The van der Waals surface area contributed by atoms with Crippen LogP contribution in [0.15, 0.2) is 256 Å². The maximum absolute atomic E-state index is 4.71. The van der Waals surface area contributed by atoms with Crippen molar-refractivity contribution in [2.45, 2.75) is 119 Å². The molecule has 439 valence electrons. The molecule has 0 saturated carbocycles. The van der Waals surface area contributed by atoms with Crippen molar-refractivity contribution in [3.05, 3.63) is 289 Å². The van der Waals surface area contributed by atoms with E-state index < -0.39 is 0 Å². The van der Waals surface area contributed by atoms with Gasteiger partial charge in [0.2, 0.25) is 0 Å². The molecule has 3 aromatic heterocycles. The first-order chi connectivity index (χ1) is 42.2. The molecule has 3 heterocycles. The maximum atomic E-state index is 4.71. The monoisotopic (exact) mass is 1330 g/mol. The van der Waals surface area contributed by atoms with E-state index in [1.165, 1.54) is 83.8 Å². The summed E-state index contributed by atoms with van der Waals surface area (Å²) in [6.07, 6.45) is 12.0. The molecule has 12 aromatic rings. The summed E-state index contributed by atoms with van der Waals surface area (Å²) in [5.74, 6) is 5.36. The SMILES string of the molecule is CC(C)c1cc(-c2ccccc2)cc(C(C)C)c1-n1ccnc1-c1ccccc1.CC(C)c1cc(-c2ccccc2)cc(C(C)C)c1-n1ccnc1-c1ccccc1.CC(C)c1cc(-c2ccccc2)cc(C(C)C)c1-n1ccnc1-c1ccccc1.[Ir+8]. The van der Waals surface area contributed by atoms with Gasteiger partial charge < -0.3 is 0 Å². The van der Waals surface area contributed by atoms with Crippen LogP contribution in [0.25, 0.3) is 84.6 Å². The largest absolute Gasteiger partial charge is 8.00 e. The summed E-state index contributed by atoms with van der Waals surface area (Å²) in [4.78, 5) is 14.1. The third kappa shape index (κ3) is 14.3. The molecule has 0 saturated heterocycles. The summed E-state index contributed by atoms with van der Waals surface area (Å²) in [5, 5.41) is 0. The van der Waals surface area contributed by atoms with Gasteiger partial charge in [-0.15, -0.1) is 0 Å². The van der Waals surface area contributed by atoms with E-state index in [0.29, 0.717) is 35.5 Å². The Labute approximate surface area is 537 Å². The summed E-state index contributed by atoms with van der Waals surface area (Å²) in [7, 11) is 0. The Morgan fingerprint density at radius 2 is 0.398 bits per heavy atom. The quantitative estimate of drug-likeness (QED) is 0.103. The average Bonchev–Trinajstić information content (AvgIpc) is 1.56. The van der Waals surface area contributed by atoms with E-state index in [9.17, 15) is 0 Å². The van der Waals surface area contributed by atoms with Gasteiger partial charge in [0.1, 0.15) is 17.5 Å². The number of benzene rings is 9. The van der Waals surface area contributed by atoms with Crippen LogP contribution in [0.4, 0.5) is 0 Å². The minimum Gasteiger partial charge on any atom is -0.299 e. The number of imidazole rings is 3. The number of nitrogens with zero attached hydrogens (tertiary/aromatic N) is 6. The zero-order valence-electron chi connectivity index (χ0n) is 53.2. The normalized spacial score (nSPS) is 11.2. The molecule has 0 atom stereocenters. The summed E-state index contributed by atoms with van der Waals surface area (Å²) in [6.45, 7) is 27.3. The van der Waals surface area contributed by atoms with E-state index in [2.05, 4.69) is 316 Å². The Balaban J connectivity index is 0.000000156. The smallest absolute Gasteiger partial charge is 0.299 e. The van der Waals surface area contributed by atoms with Gasteiger partial charge in [0, 0.05) is 53.9 Å². The molecular weight excluding hydrogens is 1250 g/mol. The fraction of sp³-hybridized carbons (Fsp3) is 0.222. The van der Waals surface area contributed by atoms with Crippen LogP contribution >= 0.6 is 0 Å². The second kappa shape index (κ2) is 29.3. The van der Waals surface area contributed by atoms with Crippen LogP contribution < -0.4 is 0 Å². The molecule has 7 heteroatoms. The van der Waals surface area contributed by atoms with E-state index in [1.807, 2.05) is 36.8 Å². The topological polar surface area (TPSA) is 53.5 Å². The molecule has 0 unspecified atom stereocenters. The molecule has 0 aliphatic carbocycles. The molecule has 0 amide bonds. The first kappa shape index (κ1) is 63.8. The van der Waals surface area contributed by atoms with Crippen molar-refractivity contribution in [2.75, 3.05) is 0 Å². The van der Waals surface area contributed by atoms with Crippen LogP contribution in [0.1, 0.15) is 152 Å². The van der Waals surface area contributed by atoms with Gasteiger partial charge in [0.15, 0.2) is 0 Å². The molecule has 1 radical (unpaired) electrons. The van der Waals surface area contributed by atoms with Crippen molar-refractivity contribution >= 4 is 0 Å². The predicted molar refractivity (Wildman–Crippen MR) is 368 cm³/mol. The molecular formula is C81H84IrN6+8. The minimum absolute atomic E-state index is 0. The Morgan fingerprint density at radius 3 is 0.568 bits per heavy atom. The third-order valence-corrected chi connectivity index (χ3v) is 16.3. The number of rotatable bonds is 15. The van der Waals surface area contributed by atoms with Crippen LogP contribution in [0.3, 0.4) is 0 Å². The van der Waals surface area contributed by atoms with E-state index in [0.717, 1.165) is 34.2 Å². The first-order valence-corrected chi connectivity index (χ1v) is 31.2. The fourth-order valence-electron chi connectivity index (χ4n) is 11.8. The fourth-order valence-corrected chi connectivity index (χ4v) is 11.8. The Hall–Kier alpha value is -8.74. The third-order valence-electron chi connectivity index (χ3n) is 16.3. The van der Waals surface area contributed by atoms with Gasteiger partial charge in [-0.2, -0.15) is 0 Å². The second-order valence-corrected chi connectivity index (χ2v) is 24.5. The van der Waals surface area contributed by atoms with Crippen molar-refractivity contribution in [2.24, 2.45) is 0 Å². The maximum Gasteiger partial charge on any atom is 8.00 e. The molecule has 0 aliphatic rings. The van der Waals surface area contributed by atoms with Crippen LogP contribution in [-0.2, 0) is 20.1 Å². The summed E-state index contributed by atoms with van der Waals surface area (Å²) < 4.78 is 6.82. The molecule has 0 spiro atoms. The summed E-state index contributed by atoms with van der Waals surface area (Å²) >= 11 is 0. The molecule has 0 fully saturated rings. The number of aromatic nitrogens is 6. The predicted octanol–water partition coefficient (Wildman–Crippen LogP) is 22.4. The van der Waals surface area contributed by atoms with E-state index in [-0.39, 0.29) is 20.1 Å². The van der Waals surface area contributed by atoms with E-state index >= 15 is 0 Å². The van der Waals surface area contributed by atoms with Crippen molar-refractivity contribution in [1.82, 2.24) is 28.7 Å². The number of hydrogen-bond acceptors (Lipinski definition) is 3. The summed E-state index contributed by atoms with van der Waals surface area (Å²) in [6, 6.07) is 77.5. The first-order valence-electron chi connectivity index (χ1n) is 31.2. The molecule has 88 heavy (non-hydrogen) atoms. The average molecular weight is 1330 g/mol. The van der Waals surface area contributed by atoms with Crippen molar-refractivity contribution in [3.63, 3.8) is 0 Å². The van der Waals surface area contributed by atoms with Crippen LogP contribution in [-0.4, -0.2) is 28.7 Å². The van der Waals surface area contributed by atoms with Gasteiger partial charge in [-0.3, -0.25) is 13.7 Å². The van der Waals surface area contributed by atoms with Gasteiger partial charge in [-0.1, -0.05) is 265 Å². The molecule has 0 bridgehead atoms. The van der Waals surface area contributed by atoms with Gasteiger partial charge in [0.25, 0.3) is 0 Å². The van der Waals surface area contributed by atoms with Crippen LogP contribution in [0.5, 0.6) is 0 Å². The van der Waals surface area contributed by atoms with Gasteiger partial charge >= 0.3 is 20.1 Å². The Kier molecular flexibility index (Phi) is 21.2. The van der Waals surface area contributed by atoms with Gasteiger partial charge in [0.05, 0.1) is 17.1 Å². The molecule has 12 rings (SSSR count). The van der Waals surface area contributed by atoms with Gasteiger partial charge in [-0.25, -0.2) is 15.0 Å². The summed E-state index contributed by atoms with van der Waals surface area (Å²) in [5.41, 5.74) is 22.9. The van der Waals surface area contributed by atoms with E-state index in [1.54, 1.807) is 0 Å².